The number of amides is 1. The Kier molecular flexibility index (Phi) is 3.22. The Morgan fingerprint density at radius 3 is 2.95 bits per heavy atom. The monoisotopic (exact) mass is 271 g/mol. The van der Waals surface area contributed by atoms with Crippen LogP contribution in [0.5, 0.6) is 0 Å². The van der Waals surface area contributed by atoms with Gasteiger partial charge >= 0.3 is 0 Å². The number of hydrogen-bond acceptors (Lipinski definition) is 4. The number of anilines is 1. The summed E-state index contributed by atoms with van der Waals surface area (Å²) in [4.78, 5) is 14.5. The second-order valence-corrected chi connectivity index (χ2v) is 5.16. The molecular weight excluding hydrogens is 254 g/mol. The highest BCUT2D eigenvalue weighted by atomic mass is 16.2. The molecule has 1 aliphatic rings. The molecule has 6 heteroatoms. The van der Waals surface area contributed by atoms with E-state index in [4.69, 9.17) is 0 Å². The van der Waals surface area contributed by atoms with Gasteiger partial charge in [0.25, 0.3) is 0 Å². The van der Waals surface area contributed by atoms with E-state index < -0.39 is 0 Å². The lowest BCUT2D eigenvalue weighted by Crippen LogP contribution is -2.44. The van der Waals surface area contributed by atoms with Gasteiger partial charge in [0, 0.05) is 11.7 Å². The van der Waals surface area contributed by atoms with E-state index in [1.54, 1.807) is 6.92 Å². The van der Waals surface area contributed by atoms with Crippen LogP contribution in [0.15, 0.2) is 24.3 Å². The molecule has 1 aromatic heterocycles. The summed E-state index contributed by atoms with van der Waals surface area (Å²) in [7, 11) is 0. The first-order valence-corrected chi connectivity index (χ1v) is 6.79. The number of tetrazole rings is 1. The molecule has 1 aliphatic heterocycles. The van der Waals surface area contributed by atoms with Crippen molar-refractivity contribution < 1.29 is 4.79 Å². The minimum absolute atomic E-state index is 0.0278. The van der Waals surface area contributed by atoms with Crippen LogP contribution in [0.25, 0.3) is 0 Å². The third-order valence-electron chi connectivity index (χ3n) is 3.79. The number of aryl methyl sites for hydroxylation is 2. The number of carbonyl (C=O) groups excluding carboxylic acids is 1. The predicted molar refractivity (Wildman–Crippen MR) is 74.3 cm³/mol. The van der Waals surface area contributed by atoms with E-state index in [0.29, 0.717) is 5.82 Å². The van der Waals surface area contributed by atoms with Gasteiger partial charge in [-0.15, -0.1) is 5.10 Å². The quantitative estimate of drug-likeness (QED) is 0.827. The molecule has 3 rings (SSSR count). The molecule has 0 radical (unpaired) electrons. The van der Waals surface area contributed by atoms with Crippen molar-refractivity contribution in [3.8, 4) is 0 Å². The van der Waals surface area contributed by atoms with E-state index in [0.717, 1.165) is 18.5 Å². The van der Waals surface area contributed by atoms with Gasteiger partial charge in [0.15, 0.2) is 0 Å². The van der Waals surface area contributed by atoms with Gasteiger partial charge in [-0.2, -0.15) is 0 Å². The molecule has 1 unspecified atom stereocenters. The SMILES string of the molecule is Cc1nnnn1CC(=O)N1c2ccccc2CCC1C. The number of hydrogen-bond donors (Lipinski definition) is 0. The average molecular weight is 271 g/mol. The maximum atomic E-state index is 12.6. The maximum absolute atomic E-state index is 12.6. The Hall–Kier alpha value is -2.24. The smallest absolute Gasteiger partial charge is 0.249 e. The minimum atomic E-state index is 0.0278. The summed E-state index contributed by atoms with van der Waals surface area (Å²) in [6, 6.07) is 8.29. The molecule has 0 saturated carbocycles. The second-order valence-electron chi connectivity index (χ2n) is 5.16. The first kappa shape index (κ1) is 12.8. The van der Waals surface area contributed by atoms with E-state index in [1.165, 1.54) is 10.2 Å². The first-order chi connectivity index (χ1) is 9.66. The van der Waals surface area contributed by atoms with Gasteiger partial charge in [-0.05, 0) is 48.7 Å². The van der Waals surface area contributed by atoms with Crippen molar-refractivity contribution >= 4 is 11.6 Å². The summed E-state index contributed by atoms with van der Waals surface area (Å²) in [5.74, 6) is 0.677. The highest BCUT2D eigenvalue weighted by Gasteiger charge is 2.28. The van der Waals surface area contributed by atoms with E-state index in [-0.39, 0.29) is 18.5 Å². The molecule has 2 heterocycles. The number of nitrogens with zero attached hydrogens (tertiary/aromatic N) is 5. The molecule has 0 saturated heterocycles. The van der Waals surface area contributed by atoms with Crippen LogP contribution in [-0.2, 0) is 17.8 Å². The zero-order chi connectivity index (χ0) is 14.1. The number of benzene rings is 1. The van der Waals surface area contributed by atoms with Crippen molar-refractivity contribution in [2.45, 2.75) is 39.3 Å². The molecule has 0 N–H and O–H groups in total. The zero-order valence-electron chi connectivity index (χ0n) is 11.7. The van der Waals surface area contributed by atoms with Crippen LogP contribution >= 0.6 is 0 Å². The van der Waals surface area contributed by atoms with Gasteiger partial charge in [-0.3, -0.25) is 4.79 Å². The summed E-state index contributed by atoms with van der Waals surface area (Å²) in [5.41, 5.74) is 2.24. The lowest BCUT2D eigenvalue weighted by atomic mass is 9.96. The van der Waals surface area contributed by atoms with E-state index in [1.807, 2.05) is 23.1 Å². The highest BCUT2D eigenvalue weighted by Crippen LogP contribution is 2.30. The summed E-state index contributed by atoms with van der Waals surface area (Å²) in [6.07, 6.45) is 2.00. The van der Waals surface area contributed by atoms with E-state index >= 15 is 0 Å². The number of fused-ring (bicyclic) bond motifs is 1. The molecule has 2 aromatic rings. The van der Waals surface area contributed by atoms with Crippen LogP contribution in [0, 0.1) is 6.92 Å². The summed E-state index contributed by atoms with van der Waals surface area (Å²) in [5, 5.41) is 11.2. The van der Waals surface area contributed by atoms with Gasteiger partial charge in [0.2, 0.25) is 5.91 Å². The van der Waals surface area contributed by atoms with Gasteiger partial charge in [-0.25, -0.2) is 4.68 Å². The van der Waals surface area contributed by atoms with Gasteiger partial charge < -0.3 is 4.90 Å². The predicted octanol–water partition coefficient (Wildman–Crippen LogP) is 1.35. The Morgan fingerprint density at radius 1 is 1.40 bits per heavy atom. The summed E-state index contributed by atoms with van der Waals surface area (Å²) >= 11 is 0. The molecule has 0 bridgehead atoms. The Morgan fingerprint density at radius 2 is 2.20 bits per heavy atom. The number of para-hydroxylation sites is 1. The Bertz CT molecular complexity index is 636. The molecule has 1 atom stereocenters. The highest BCUT2D eigenvalue weighted by molar-refractivity contribution is 5.95. The zero-order valence-corrected chi connectivity index (χ0v) is 11.7. The normalized spacial score (nSPS) is 17.9. The largest absolute Gasteiger partial charge is 0.308 e. The third kappa shape index (κ3) is 2.17. The molecule has 1 aromatic carbocycles. The molecule has 6 nitrogen and oxygen atoms in total. The van der Waals surface area contributed by atoms with Crippen LogP contribution in [0.1, 0.15) is 24.7 Å². The summed E-state index contributed by atoms with van der Waals surface area (Å²) in [6.45, 7) is 4.05. The fourth-order valence-electron chi connectivity index (χ4n) is 2.67. The van der Waals surface area contributed by atoms with Crippen LogP contribution in [0.2, 0.25) is 0 Å². The fourth-order valence-corrected chi connectivity index (χ4v) is 2.67. The van der Waals surface area contributed by atoms with Crippen LogP contribution in [0.4, 0.5) is 5.69 Å². The topological polar surface area (TPSA) is 63.9 Å². The molecule has 0 spiro atoms. The van der Waals surface area contributed by atoms with Gasteiger partial charge in [-0.1, -0.05) is 18.2 Å². The van der Waals surface area contributed by atoms with Crippen molar-refractivity contribution in [1.82, 2.24) is 20.2 Å². The summed E-state index contributed by atoms with van der Waals surface area (Å²) < 4.78 is 1.53. The number of rotatable bonds is 2. The van der Waals surface area contributed by atoms with Crippen molar-refractivity contribution in [2.24, 2.45) is 0 Å². The molecular formula is C14H17N5O. The van der Waals surface area contributed by atoms with Crippen LogP contribution < -0.4 is 4.90 Å². The van der Waals surface area contributed by atoms with Gasteiger partial charge in [0.1, 0.15) is 12.4 Å². The lowest BCUT2D eigenvalue weighted by Gasteiger charge is -2.35. The third-order valence-corrected chi connectivity index (χ3v) is 3.79. The van der Waals surface area contributed by atoms with E-state index in [2.05, 4.69) is 28.5 Å². The number of carbonyl (C=O) groups is 1. The Balaban J connectivity index is 1.89. The average Bonchev–Trinajstić information content (AvgIpc) is 2.84. The molecule has 20 heavy (non-hydrogen) atoms. The second kappa shape index (κ2) is 5.03. The maximum Gasteiger partial charge on any atom is 0.249 e. The molecule has 1 amide bonds. The van der Waals surface area contributed by atoms with Crippen LogP contribution in [0.3, 0.4) is 0 Å². The fraction of sp³-hybridized carbons (Fsp3) is 0.429. The van der Waals surface area contributed by atoms with Gasteiger partial charge in [0.05, 0.1) is 0 Å². The Labute approximate surface area is 117 Å². The molecule has 0 fully saturated rings. The standard InChI is InChI=1S/C14H17N5O/c1-10-7-8-12-5-3-4-6-13(12)19(10)14(20)9-18-11(2)15-16-17-18/h3-6,10H,7-9H2,1-2H3. The van der Waals surface area contributed by atoms with Crippen molar-refractivity contribution in [3.05, 3.63) is 35.7 Å². The minimum Gasteiger partial charge on any atom is -0.308 e. The lowest BCUT2D eigenvalue weighted by molar-refractivity contribution is -0.120. The van der Waals surface area contributed by atoms with Crippen LogP contribution in [-0.4, -0.2) is 32.2 Å². The van der Waals surface area contributed by atoms with Crippen molar-refractivity contribution in [1.29, 1.82) is 0 Å². The number of aromatic nitrogens is 4. The first-order valence-electron chi connectivity index (χ1n) is 6.79. The van der Waals surface area contributed by atoms with E-state index in [9.17, 15) is 4.79 Å². The molecule has 104 valence electrons. The molecule has 0 aliphatic carbocycles. The van der Waals surface area contributed by atoms with Crippen molar-refractivity contribution in [2.75, 3.05) is 4.90 Å². The van der Waals surface area contributed by atoms with Crippen molar-refractivity contribution in [3.63, 3.8) is 0 Å².